The molecule has 0 amide bonds. The van der Waals surface area contributed by atoms with Gasteiger partial charge in [0.1, 0.15) is 0 Å². The summed E-state index contributed by atoms with van der Waals surface area (Å²) >= 11 is 0. The van der Waals surface area contributed by atoms with Crippen molar-refractivity contribution < 1.29 is 18.9 Å². The summed E-state index contributed by atoms with van der Waals surface area (Å²) in [5, 5.41) is 0. The second-order valence-electron chi connectivity index (χ2n) is 6.30. The number of hydrogen-bond donors (Lipinski definition) is 0. The number of hydrogen-bond acceptors (Lipinski definition) is 4. The molecule has 0 aliphatic heterocycles. The van der Waals surface area contributed by atoms with E-state index in [1.807, 2.05) is 6.08 Å². The van der Waals surface area contributed by atoms with E-state index in [-0.39, 0.29) is 5.92 Å². The van der Waals surface area contributed by atoms with Gasteiger partial charge in [-0.15, -0.1) is 6.58 Å². The second kappa shape index (κ2) is 19.9. The lowest BCUT2D eigenvalue weighted by Gasteiger charge is -2.36. The van der Waals surface area contributed by atoms with Crippen LogP contribution in [0.5, 0.6) is 0 Å². The Kier molecular flexibility index (Phi) is 21.3. The van der Waals surface area contributed by atoms with Crippen LogP contribution >= 0.6 is 0 Å². The number of rotatable bonds is 16. The van der Waals surface area contributed by atoms with E-state index >= 15 is 0 Å². The van der Waals surface area contributed by atoms with Crippen molar-refractivity contribution in [2.75, 3.05) is 35.0 Å². The van der Waals surface area contributed by atoms with Gasteiger partial charge in [-0.3, -0.25) is 0 Å². The van der Waals surface area contributed by atoms with E-state index in [4.69, 9.17) is 18.9 Å². The molecule has 0 aromatic carbocycles. The first-order valence-corrected chi connectivity index (χ1v) is 9.87. The third-order valence-electron chi connectivity index (χ3n) is 4.45. The van der Waals surface area contributed by atoms with Gasteiger partial charge in [-0.05, 0) is 25.7 Å². The monoisotopic (exact) mass is 360 g/mol. The Morgan fingerprint density at radius 2 is 1.28 bits per heavy atom. The molecule has 0 aliphatic carbocycles. The summed E-state index contributed by atoms with van der Waals surface area (Å²) in [7, 11) is 6.69. The van der Waals surface area contributed by atoms with Gasteiger partial charge in [-0.1, -0.05) is 58.4 Å². The van der Waals surface area contributed by atoms with Crippen LogP contribution in [-0.4, -0.2) is 41.0 Å². The highest BCUT2D eigenvalue weighted by Crippen LogP contribution is 2.32. The van der Waals surface area contributed by atoms with Crippen LogP contribution in [0.2, 0.25) is 0 Å². The van der Waals surface area contributed by atoms with E-state index in [9.17, 15) is 0 Å². The van der Waals surface area contributed by atoms with Crippen molar-refractivity contribution in [2.24, 2.45) is 5.92 Å². The number of ether oxygens (including phenoxy) is 4. The van der Waals surface area contributed by atoms with E-state index < -0.39 is 5.97 Å². The SMILES string of the molecule is C=CCC.CCCCCCCCC(CCCOC)C(OC)(OC)OC. The van der Waals surface area contributed by atoms with Crippen LogP contribution in [-0.2, 0) is 18.9 Å². The fourth-order valence-electron chi connectivity index (χ4n) is 2.89. The van der Waals surface area contributed by atoms with Crippen molar-refractivity contribution in [3.63, 3.8) is 0 Å². The van der Waals surface area contributed by atoms with Gasteiger partial charge >= 0.3 is 0 Å². The van der Waals surface area contributed by atoms with E-state index in [0.717, 1.165) is 32.3 Å². The molecule has 1 atom stereocenters. The minimum atomic E-state index is -0.919. The number of allylic oxidation sites excluding steroid dienone is 1. The van der Waals surface area contributed by atoms with Gasteiger partial charge in [0.15, 0.2) is 0 Å². The zero-order valence-electron chi connectivity index (χ0n) is 17.8. The summed E-state index contributed by atoms with van der Waals surface area (Å²) in [5.74, 6) is -0.684. The molecule has 0 N–H and O–H groups in total. The molecule has 0 spiro atoms. The molecule has 0 saturated carbocycles. The average molecular weight is 361 g/mol. The fourth-order valence-corrected chi connectivity index (χ4v) is 2.89. The first kappa shape index (κ1) is 26.8. The highest BCUT2D eigenvalue weighted by molar-refractivity contribution is 4.71. The van der Waals surface area contributed by atoms with E-state index in [1.54, 1.807) is 28.4 Å². The minimum Gasteiger partial charge on any atom is -0.385 e. The maximum absolute atomic E-state index is 5.54. The predicted octanol–water partition coefficient (Wildman–Crippen LogP) is 5.96. The predicted molar refractivity (Wildman–Crippen MR) is 107 cm³/mol. The highest BCUT2D eigenvalue weighted by Gasteiger charge is 2.39. The Labute approximate surface area is 157 Å². The summed E-state index contributed by atoms with van der Waals surface area (Å²) in [5.41, 5.74) is 0. The molecular formula is C21H44O4. The Bertz CT molecular complexity index is 256. The van der Waals surface area contributed by atoms with Gasteiger partial charge in [-0.2, -0.15) is 0 Å². The lowest BCUT2D eigenvalue weighted by atomic mass is 9.93. The molecule has 0 aliphatic rings. The summed E-state index contributed by atoms with van der Waals surface area (Å²) < 4.78 is 21.8. The van der Waals surface area contributed by atoms with Gasteiger partial charge in [0, 0.05) is 41.0 Å². The minimum absolute atomic E-state index is 0.235. The van der Waals surface area contributed by atoms with E-state index in [1.165, 1.54) is 38.5 Å². The van der Waals surface area contributed by atoms with Gasteiger partial charge in [0.05, 0.1) is 0 Å². The number of unbranched alkanes of at least 4 members (excludes halogenated alkanes) is 5. The first-order valence-electron chi connectivity index (χ1n) is 9.87. The Hall–Kier alpha value is -0.420. The van der Waals surface area contributed by atoms with Crippen LogP contribution in [0.15, 0.2) is 12.7 Å². The molecule has 4 heteroatoms. The normalized spacial score (nSPS) is 12.4. The van der Waals surface area contributed by atoms with Gasteiger partial charge in [0.2, 0.25) is 0 Å². The Morgan fingerprint density at radius 3 is 1.72 bits per heavy atom. The van der Waals surface area contributed by atoms with Crippen molar-refractivity contribution in [3.8, 4) is 0 Å². The van der Waals surface area contributed by atoms with Crippen LogP contribution in [0.1, 0.15) is 78.1 Å². The van der Waals surface area contributed by atoms with E-state index in [2.05, 4.69) is 20.4 Å². The molecule has 25 heavy (non-hydrogen) atoms. The molecule has 0 saturated heterocycles. The highest BCUT2D eigenvalue weighted by atomic mass is 16.9. The molecule has 1 unspecified atom stereocenters. The van der Waals surface area contributed by atoms with Crippen molar-refractivity contribution >= 4 is 0 Å². The lowest BCUT2D eigenvalue weighted by molar-refractivity contribution is -0.380. The molecule has 4 nitrogen and oxygen atoms in total. The maximum atomic E-state index is 5.54. The molecule has 152 valence electrons. The molecule has 0 radical (unpaired) electrons. The van der Waals surface area contributed by atoms with Crippen LogP contribution in [0.3, 0.4) is 0 Å². The molecule has 0 aromatic rings. The summed E-state index contributed by atoms with van der Waals surface area (Å²) in [6.07, 6.45) is 13.8. The average Bonchev–Trinajstić information content (AvgIpc) is 2.66. The fraction of sp³-hybridized carbons (Fsp3) is 0.905. The molecule has 0 fully saturated rings. The van der Waals surface area contributed by atoms with Crippen LogP contribution < -0.4 is 0 Å². The van der Waals surface area contributed by atoms with Crippen LogP contribution in [0.25, 0.3) is 0 Å². The van der Waals surface area contributed by atoms with Crippen LogP contribution in [0.4, 0.5) is 0 Å². The third kappa shape index (κ3) is 13.4. The number of methoxy groups -OCH3 is 4. The first-order chi connectivity index (χ1) is 12.1. The van der Waals surface area contributed by atoms with Crippen molar-refractivity contribution in [2.45, 2.75) is 84.0 Å². The Balaban J connectivity index is 0. The smallest absolute Gasteiger partial charge is 0.285 e. The quantitative estimate of drug-likeness (QED) is 0.193. The second-order valence-corrected chi connectivity index (χ2v) is 6.30. The van der Waals surface area contributed by atoms with Crippen molar-refractivity contribution in [3.05, 3.63) is 12.7 Å². The molecule has 0 heterocycles. The van der Waals surface area contributed by atoms with Crippen molar-refractivity contribution in [1.82, 2.24) is 0 Å². The van der Waals surface area contributed by atoms with E-state index in [0.29, 0.717) is 0 Å². The van der Waals surface area contributed by atoms with Gasteiger partial charge in [0.25, 0.3) is 5.97 Å². The molecule has 0 aromatic heterocycles. The maximum Gasteiger partial charge on any atom is 0.285 e. The lowest BCUT2D eigenvalue weighted by Crippen LogP contribution is -2.44. The Morgan fingerprint density at radius 1 is 0.800 bits per heavy atom. The summed E-state index contributed by atoms with van der Waals surface area (Å²) in [6.45, 7) is 8.55. The van der Waals surface area contributed by atoms with Gasteiger partial charge in [-0.25, -0.2) is 0 Å². The zero-order valence-corrected chi connectivity index (χ0v) is 17.8. The standard InChI is InChI=1S/C17H36O4.C4H8/c1-6-7-8-9-10-11-13-16(14-12-15-18-2)17(19-3,20-4)21-5;1-3-4-2/h16H,6-15H2,1-5H3;3H,1,4H2,2H3. The van der Waals surface area contributed by atoms with Gasteiger partial charge < -0.3 is 18.9 Å². The molecule has 0 bridgehead atoms. The molecular weight excluding hydrogens is 316 g/mol. The zero-order chi connectivity index (χ0) is 19.4. The third-order valence-corrected chi connectivity index (χ3v) is 4.45. The summed E-state index contributed by atoms with van der Waals surface area (Å²) in [6, 6.07) is 0. The molecule has 0 rings (SSSR count). The summed E-state index contributed by atoms with van der Waals surface area (Å²) in [4.78, 5) is 0. The van der Waals surface area contributed by atoms with Crippen LogP contribution in [0, 0.1) is 5.92 Å². The van der Waals surface area contributed by atoms with Crippen molar-refractivity contribution in [1.29, 1.82) is 0 Å². The largest absolute Gasteiger partial charge is 0.385 e. The topological polar surface area (TPSA) is 36.9 Å².